The molecule has 1 saturated heterocycles. The van der Waals surface area contributed by atoms with E-state index in [9.17, 15) is 17.6 Å². The highest BCUT2D eigenvalue weighted by atomic mass is 32.2. The summed E-state index contributed by atoms with van der Waals surface area (Å²) >= 11 is 0. The number of ether oxygens (including phenoxy) is 2. The van der Waals surface area contributed by atoms with Crippen molar-refractivity contribution in [2.24, 2.45) is 5.92 Å². The van der Waals surface area contributed by atoms with E-state index in [0.29, 0.717) is 36.4 Å². The van der Waals surface area contributed by atoms with E-state index in [0.717, 1.165) is 5.56 Å². The molecule has 9 heteroatoms. The Labute approximate surface area is 182 Å². The smallest absolute Gasteiger partial charge is 0.243 e. The first kappa shape index (κ1) is 23.0. The predicted molar refractivity (Wildman–Crippen MR) is 114 cm³/mol. The summed E-state index contributed by atoms with van der Waals surface area (Å²) in [5, 5.41) is 2.87. The average molecular weight is 451 g/mol. The number of sulfonamides is 1. The van der Waals surface area contributed by atoms with Crippen molar-refractivity contribution < 1.29 is 27.1 Å². The first-order valence-corrected chi connectivity index (χ1v) is 11.4. The van der Waals surface area contributed by atoms with Gasteiger partial charge in [-0.05, 0) is 49.1 Å². The van der Waals surface area contributed by atoms with E-state index >= 15 is 0 Å². The Hall–Kier alpha value is -2.65. The van der Waals surface area contributed by atoms with E-state index < -0.39 is 10.0 Å². The standard InChI is InChI=1S/C22H27FN2O5S/c1-15-12-16(4-6-19(15)23)14-24-22(26)17-8-10-25(11-9-17)31(27,28)18-5-7-20(29-2)21(13-18)30-3/h4-7,12-13,17H,8-11,14H2,1-3H3,(H,24,26). The molecule has 1 heterocycles. The number of amides is 1. The minimum atomic E-state index is -3.70. The van der Waals surface area contributed by atoms with Gasteiger partial charge >= 0.3 is 0 Å². The largest absolute Gasteiger partial charge is 0.493 e. The number of carbonyl (C=O) groups is 1. The lowest BCUT2D eigenvalue weighted by atomic mass is 9.97. The Balaban J connectivity index is 1.59. The molecule has 0 atom stereocenters. The summed E-state index contributed by atoms with van der Waals surface area (Å²) in [5.41, 5.74) is 1.35. The van der Waals surface area contributed by atoms with Crippen molar-refractivity contribution in [1.29, 1.82) is 0 Å². The number of nitrogens with zero attached hydrogens (tertiary/aromatic N) is 1. The second kappa shape index (κ2) is 9.65. The van der Waals surface area contributed by atoms with Gasteiger partial charge in [0.25, 0.3) is 0 Å². The lowest BCUT2D eigenvalue weighted by molar-refractivity contribution is -0.126. The van der Waals surface area contributed by atoms with E-state index in [1.165, 1.54) is 36.7 Å². The minimum absolute atomic E-state index is 0.120. The van der Waals surface area contributed by atoms with E-state index in [1.54, 1.807) is 25.1 Å². The van der Waals surface area contributed by atoms with Crippen molar-refractivity contribution in [3.05, 3.63) is 53.3 Å². The van der Waals surface area contributed by atoms with Crippen LogP contribution in [0.3, 0.4) is 0 Å². The molecule has 1 N–H and O–H groups in total. The normalized spacial score (nSPS) is 15.5. The number of halogens is 1. The maximum Gasteiger partial charge on any atom is 0.243 e. The summed E-state index contributed by atoms with van der Waals surface area (Å²) in [4.78, 5) is 12.6. The molecular weight excluding hydrogens is 423 g/mol. The topological polar surface area (TPSA) is 84.9 Å². The van der Waals surface area contributed by atoms with Crippen LogP contribution in [0.15, 0.2) is 41.3 Å². The fourth-order valence-corrected chi connectivity index (χ4v) is 5.12. The highest BCUT2D eigenvalue weighted by Crippen LogP contribution is 2.32. The SMILES string of the molecule is COc1ccc(S(=O)(=O)N2CCC(C(=O)NCc3ccc(F)c(C)c3)CC2)cc1OC. The van der Waals surface area contributed by atoms with Crippen LogP contribution in [0.1, 0.15) is 24.0 Å². The van der Waals surface area contributed by atoms with Crippen molar-refractivity contribution in [1.82, 2.24) is 9.62 Å². The first-order chi connectivity index (χ1) is 14.8. The number of nitrogens with one attached hydrogen (secondary N) is 1. The Kier molecular flexibility index (Phi) is 7.17. The van der Waals surface area contributed by atoms with Crippen molar-refractivity contribution in [3.63, 3.8) is 0 Å². The number of carbonyl (C=O) groups excluding carboxylic acids is 1. The van der Waals surface area contributed by atoms with Crippen molar-refractivity contribution in [3.8, 4) is 11.5 Å². The van der Waals surface area contributed by atoms with Gasteiger partial charge in [-0.25, -0.2) is 12.8 Å². The van der Waals surface area contributed by atoms with E-state index in [1.807, 2.05) is 0 Å². The zero-order valence-electron chi connectivity index (χ0n) is 17.9. The number of hydrogen-bond donors (Lipinski definition) is 1. The van der Waals surface area contributed by atoms with Gasteiger partial charge in [-0.15, -0.1) is 0 Å². The lowest BCUT2D eigenvalue weighted by Gasteiger charge is -2.30. The molecule has 2 aromatic rings. The van der Waals surface area contributed by atoms with Crippen LogP contribution >= 0.6 is 0 Å². The van der Waals surface area contributed by atoms with Crippen molar-refractivity contribution >= 4 is 15.9 Å². The van der Waals surface area contributed by atoms with Crippen LogP contribution in [-0.2, 0) is 21.4 Å². The van der Waals surface area contributed by atoms with E-state index in [-0.39, 0.29) is 35.6 Å². The van der Waals surface area contributed by atoms with Gasteiger partial charge in [-0.1, -0.05) is 12.1 Å². The van der Waals surface area contributed by atoms with Crippen LogP contribution in [-0.4, -0.2) is 45.9 Å². The third-order valence-corrected chi connectivity index (χ3v) is 7.40. The average Bonchev–Trinajstić information content (AvgIpc) is 2.79. The summed E-state index contributed by atoms with van der Waals surface area (Å²) in [7, 11) is -0.767. The molecule has 3 rings (SSSR count). The van der Waals surface area contributed by atoms with Gasteiger partial charge in [0.1, 0.15) is 5.82 Å². The van der Waals surface area contributed by atoms with Crippen molar-refractivity contribution in [2.45, 2.75) is 31.2 Å². The Morgan fingerprint density at radius 2 is 1.77 bits per heavy atom. The van der Waals surface area contributed by atoms with Crippen LogP contribution in [0.5, 0.6) is 11.5 Å². The van der Waals surface area contributed by atoms with Crippen molar-refractivity contribution in [2.75, 3.05) is 27.3 Å². The molecule has 2 aromatic carbocycles. The first-order valence-electron chi connectivity index (χ1n) is 10.0. The van der Waals surface area contributed by atoms with Gasteiger partial charge < -0.3 is 14.8 Å². The van der Waals surface area contributed by atoms with Crippen LogP contribution in [0.4, 0.5) is 4.39 Å². The molecule has 7 nitrogen and oxygen atoms in total. The molecule has 0 bridgehead atoms. The fraction of sp³-hybridized carbons (Fsp3) is 0.409. The number of hydrogen-bond acceptors (Lipinski definition) is 5. The van der Waals surface area contributed by atoms with Gasteiger partial charge in [0.15, 0.2) is 11.5 Å². The highest BCUT2D eigenvalue weighted by molar-refractivity contribution is 7.89. The number of methoxy groups -OCH3 is 2. The number of piperidine rings is 1. The van der Waals surface area contributed by atoms with Gasteiger partial charge in [0.05, 0.1) is 19.1 Å². The minimum Gasteiger partial charge on any atom is -0.493 e. The second-order valence-corrected chi connectivity index (χ2v) is 9.43. The molecular formula is C22H27FN2O5S. The molecule has 0 aromatic heterocycles. The maximum atomic E-state index is 13.4. The Morgan fingerprint density at radius 3 is 2.39 bits per heavy atom. The van der Waals surface area contributed by atoms with Crippen LogP contribution in [0, 0.1) is 18.7 Å². The molecule has 0 saturated carbocycles. The van der Waals surface area contributed by atoms with Gasteiger partial charge in [-0.2, -0.15) is 4.31 Å². The van der Waals surface area contributed by atoms with Crippen LogP contribution in [0.25, 0.3) is 0 Å². The van der Waals surface area contributed by atoms with Crippen LogP contribution in [0.2, 0.25) is 0 Å². The lowest BCUT2D eigenvalue weighted by Crippen LogP contribution is -2.42. The summed E-state index contributed by atoms with van der Waals surface area (Å²) < 4.78 is 51.1. The second-order valence-electron chi connectivity index (χ2n) is 7.50. The summed E-state index contributed by atoms with van der Waals surface area (Å²) in [6.45, 7) is 2.49. The maximum absolute atomic E-state index is 13.4. The fourth-order valence-electron chi connectivity index (χ4n) is 3.63. The molecule has 0 aliphatic carbocycles. The quantitative estimate of drug-likeness (QED) is 0.701. The number of aryl methyl sites for hydroxylation is 1. The van der Waals surface area contributed by atoms with Gasteiger partial charge in [-0.3, -0.25) is 4.79 Å². The molecule has 1 aliphatic heterocycles. The zero-order chi connectivity index (χ0) is 22.6. The molecule has 0 radical (unpaired) electrons. The molecule has 0 spiro atoms. The predicted octanol–water partition coefficient (Wildman–Crippen LogP) is 2.87. The summed E-state index contributed by atoms with van der Waals surface area (Å²) in [6.07, 6.45) is 0.863. The number of benzene rings is 2. The molecule has 0 unspecified atom stereocenters. The van der Waals surface area contributed by atoms with Crippen LogP contribution < -0.4 is 14.8 Å². The highest BCUT2D eigenvalue weighted by Gasteiger charge is 2.32. The molecule has 1 amide bonds. The molecule has 168 valence electrons. The van der Waals surface area contributed by atoms with E-state index in [2.05, 4.69) is 5.32 Å². The zero-order valence-corrected chi connectivity index (χ0v) is 18.7. The summed E-state index contributed by atoms with van der Waals surface area (Å²) in [5.74, 6) is 0.128. The Morgan fingerprint density at radius 1 is 1.10 bits per heavy atom. The Bertz CT molecular complexity index is 1050. The third kappa shape index (κ3) is 5.16. The van der Waals surface area contributed by atoms with Gasteiger partial charge in [0.2, 0.25) is 15.9 Å². The van der Waals surface area contributed by atoms with Gasteiger partial charge in [0, 0.05) is 31.6 Å². The summed E-state index contributed by atoms with van der Waals surface area (Å²) in [6, 6.07) is 9.21. The monoisotopic (exact) mass is 450 g/mol. The third-order valence-electron chi connectivity index (χ3n) is 5.51. The molecule has 1 fully saturated rings. The number of rotatable bonds is 7. The molecule has 31 heavy (non-hydrogen) atoms. The van der Waals surface area contributed by atoms with E-state index in [4.69, 9.17) is 9.47 Å². The molecule has 1 aliphatic rings.